The molecule has 0 bridgehead atoms. The van der Waals surface area contributed by atoms with Crippen LogP contribution in [0.2, 0.25) is 0 Å². The van der Waals surface area contributed by atoms with Gasteiger partial charge in [-0.25, -0.2) is 4.79 Å². The molecule has 6 nitrogen and oxygen atoms in total. The van der Waals surface area contributed by atoms with E-state index < -0.39 is 29.9 Å². The fraction of sp³-hybridized carbons (Fsp3) is 0.250. The van der Waals surface area contributed by atoms with Crippen molar-refractivity contribution in [3.63, 3.8) is 0 Å². The summed E-state index contributed by atoms with van der Waals surface area (Å²) in [5, 5.41) is 18.3. The molecule has 0 saturated carbocycles. The van der Waals surface area contributed by atoms with Gasteiger partial charge in [0.1, 0.15) is 0 Å². The molecule has 1 aliphatic heterocycles. The minimum Gasteiger partial charge on any atom is -0.479 e. The van der Waals surface area contributed by atoms with Gasteiger partial charge < -0.3 is 10.2 Å². The topological polar surface area (TPSA) is 94.9 Å². The van der Waals surface area contributed by atoms with Crippen LogP contribution < -0.4 is 0 Å². The molecule has 94 valence electrons. The van der Waals surface area contributed by atoms with Crippen LogP contribution in [0.4, 0.5) is 0 Å². The number of carbonyl (C=O) groups is 3. The van der Waals surface area contributed by atoms with E-state index in [1.165, 1.54) is 12.1 Å². The van der Waals surface area contributed by atoms with Crippen molar-refractivity contribution in [2.45, 2.75) is 12.5 Å². The van der Waals surface area contributed by atoms with Crippen molar-refractivity contribution in [2.24, 2.45) is 0 Å². The van der Waals surface area contributed by atoms with Crippen LogP contribution in [-0.4, -0.2) is 45.0 Å². The van der Waals surface area contributed by atoms with Crippen LogP contribution in [-0.2, 0) is 4.79 Å². The Bertz CT molecular complexity index is 518. The second-order valence-electron chi connectivity index (χ2n) is 4.23. The molecule has 2 rings (SSSR count). The maximum atomic E-state index is 12.0. The van der Waals surface area contributed by atoms with Crippen molar-refractivity contribution in [1.29, 1.82) is 0 Å². The van der Waals surface area contributed by atoms with Gasteiger partial charge in [-0.3, -0.25) is 14.5 Å². The number of aliphatic carboxylic acids is 1. The van der Waals surface area contributed by atoms with E-state index in [9.17, 15) is 19.5 Å². The summed E-state index contributed by atoms with van der Waals surface area (Å²) in [5.74, 6) is -2.83. The van der Waals surface area contributed by atoms with Crippen LogP contribution in [0.5, 0.6) is 0 Å². The molecular formula is C12H11NO5. The van der Waals surface area contributed by atoms with Crippen LogP contribution in [0.25, 0.3) is 0 Å². The number of carbonyl (C=O) groups excluding carboxylic acids is 2. The van der Waals surface area contributed by atoms with Gasteiger partial charge >= 0.3 is 5.97 Å². The second-order valence-corrected chi connectivity index (χ2v) is 4.23. The van der Waals surface area contributed by atoms with Gasteiger partial charge in [-0.15, -0.1) is 0 Å². The van der Waals surface area contributed by atoms with E-state index in [0.717, 1.165) is 6.92 Å². The zero-order chi connectivity index (χ0) is 13.5. The molecule has 0 spiro atoms. The number of aliphatic hydroxyl groups excluding tert-OH is 1. The van der Waals surface area contributed by atoms with Crippen LogP contribution >= 0.6 is 0 Å². The van der Waals surface area contributed by atoms with Crippen molar-refractivity contribution in [1.82, 2.24) is 4.90 Å². The third-order valence-corrected chi connectivity index (χ3v) is 3.06. The largest absolute Gasteiger partial charge is 0.479 e. The molecule has 1 aromatic rings. The third-order valence-electron chi connectivity index (χ3n) is 3.06. The highest BCUT2D eigenvalue weighted by atomic mass is 16.4. The predicted molar refractivity (Wildman–Crippen MR) is 60.1 cm³/mol. The highest BCUT2D eigenvalue weighted by molar-refractivity contribution is 6.23. The smallest absolute Gasteiger partial charge is 0.332 e. The Kier molecular flexibility index (Phi) is 2.67. The molecule has 0 saturated heterocycles. The van der Waals surface area contributed by atoms with Crippen molar-refractivity contribution in [2.75, 3.05) is 6.61 Å². The number of benzene rings is 1. The Morgan fingerprint density at radius 2 is 1.67 bits per heavy atom. The second kappa shape index (κ2) is 3.92. The summed E-state index contributed by atoms with van der Waals surface area (Å²) in [5.41, 5.74) is -1.64. The monoisotopic (exact) mass is 249 g/mol. The lowest BCUT2D eigenvalue weighted by atomic mass is 10.0. The van der Waals surface area contributed by atoms with Gasteiger partial charge in [0.15, 0.2) is 5.54 Å². The Labute approximate surface area is 102 Å². The van der Waals surface area contributed by atoms with Crippen molar-refractivity contribution >= 4 is 17.8 Å². The number of imide groups is 1. The lowest BCUT2D eigenvalue weighted by Gasteiger charge is -2.31. The first-order valence-electron chi connectivity index (χ1n) is 5.25. The summed E-state index contributed by atoms with van der Waals surface area (Å²) in [7, 11) is 0. The van der Waals surface area contributed by atoms with Gasteiger partial charge in [0.25, 0.3) is 11.8 Å². The molecule has 2 N–H and O–H groups in total. The van der Waals surface area contributed by atoms with E-state index >= 15 is 0 Å². The fourth-order valence-corrected chi connectivity index (χ4v) is 1.87. The Morgan fingerprint density at radius 3 is 2.00 bits per heavy atom. The highest BCUT2D eigenvalue weighted by Gasteiger charge is 2.50. The van der Waals surface area contributed by atoms with Crippen molar-refractivity contribution in [3.8, 4) is 0 Å². The van der Waals surface area contributed by atoms with Crippen LogP contribution in [0, 0.1) is 0 Å². The summed E-state index contributed by atoms with van der Waals surface area (Å²) in [6, 6.07) is 6.08. The Hall–Kier alpha value is -2.21. The number of hydrogen-bond acceptors (Lipinski definition) is 4. The number of carboxylic acids is 1. The molecule has 1 heterocycles. The van der Waals surface area contributed by atoms with E-state index in [4.69, 9.17) is 5.11 Å². The molecule has 0 radical (unpaired) electrons. The molecule has 0 fully saturated rings. The number of carboxylic acid groups (broad SMARTS) is 1. The summed E-state index contributed by atoms with van der Waals surface area (Å²) in [6.07, 6.45) is 0. The minimum absolute atomic E-state index is 0.156. The number of rotatable bonds is 3. The first kappa shape index (κ1) is 12.3. The molecule has 1 aromatic carbocycles. The van der Waals surface area contributed by atoms with E-state index in [0.29, 0.717) is 4.90 Å². The molecule has 18 heavy (non-hydrogen) atoms. The van der Waals surface area contributed by atoms with E-state index in [2.05, 4.69) is 0 Å². The number of aliphatic hydroxyl groups is 1. The fourth-order valence-electron chi connectivity index (χ4n) is 1.87. The minimum atomic E-state index is -1.95. The summed E-state index contributed by atoms with van der Waals surface area (Å²) in [4.78, 5) is 35.9. The number of hydrogen-bond donors (Lipinski definition) is 2. The van der Waals surface area contributed by atoms with Crippen molar-refractivity contribution < 1.29 is 24.6 Å². The normalized spacial score (nSPS) is 17.6. The number of nitrogens with zero attached hydrogens (tertiary/aromatic N) is 1. The highest BCUT2D eigenvalue weighted by Crippen LogP contribution is 2.29. The first-order chi connectivity index (χ1) is 8.43. The standard InChI is InChI=1S/C12H11NO5/c1-12(6-14,11(17)18)13-9(15)7-4-2-3-5-8(7)10(13)16/h2-5,14H,6H2,1H3,(H,17,18). The third kappa shape index (κ3) is 1.42. The Balaban J connectivity index is 2.55. The predicted octanol–water partition coefficient (Wildman–Crippen LogP) is 0.118. The SMILES string of the molecule is CC(CO)(C(=O)O)N1C(=O)c2ccccc2C1=O. The molecular weight excluding hydrogens is 238 g/mol. The summed E-state index contributed by atoms with van der Waals surface area (Å²) >= 11 is 0. The maximum Gasteiger partial charge on any atom is 0.332 e. The van der Waals surface area contributed by atoms with Crippen LogP contribution in [0.1, 0.15) is 27.6 Å². The van der Waals surface area contributed by atoms with Gasteiger partial charge in [-0.1, -0.05) is 12.1 Å². The van der Waals surface area contributed by atoms with Gasteiger partial charge in [0.05, 0.1) is 17.7 Å². The van der Waals surface area contributed by atoms with Crippen LogP contribution in [0.15, 0.2) is 24.3 Å². The zero-order valence-electron chi connectivity index (χ0n) is 9.58. The quantitative estimate of drug-likeness (QED) is 0.742. The molecule has 1 aliphatic rings. The van der Waals surface area contributed by atoms with Gasteiger partial charge in [-0.05, 0) is 19.1 Å². The van der Waals surface area contributed by atoms with E-state index in [-0.39, 0.29) is 11.1 Å². The van der Waals surface area contributed by atoms with E-state index in [1.807, 2.05) is 0 Å². The zero-order valence-corrected chi connectivity index (χ0v) is 9.58. The molecule has 1 unspecified atom stereocenters. The maximum absolute atomic E-state index is 12.0. The van der Waals surface area contributed by atoms with Crippen molar-refractivity contribution in [3.05, 3.63) is 35.4 Å². The lowest BCUT2D eigenvalue weighted by molar-refractivity contribution is -0.149. The average Bonchev–Trinajstić information content (AvgIpc) is 2.62. The Morgan fingerprint density at radius 1 is 1.22 bits per heavy atom. The molecule has 2 amide bonds. The van der Waals surface area contributed by atoms with Gasteiger partial charge in [0, 0.05) is 0 Å². The van der Waals surface area contributed by atoms with Gasteiger partial charge in [-0.2, -0.15) is 0 Å². The summed E-state index contributed by atoms with van der Waals surface area (Å²) in [6.45, 7) is 0.296. The van der Waals surface area contributed by atoms with E-state index in [1.54, 1.807) is 12.1 Å². The molecule has 1 atom stereocenters. The number of fused-ring (bicyclic) bond motifs is 1. The molecule has 6 heteroatoms. The molecule has 0 aliphatic carbocycles. The first-order valence-corrected chi connectivity index (χ1v) is 5.25. The number of amides is 2. The lowest BCUT2D eigenvalue weighted by Crippen LogP contribution is -2.57. The van der Waals surface area contributed by atoms with Crippen LogP contribution in [0.3, 0.4) is 0 Å². The molecule has 0 aromatic heterocycles. The summed E-state index contributed by atoms with van der Waals surface area (Å²) < 4.78 is 0. The average molecular weight is 249 g/mol. The van der Waals surface area contributed by atoms with Gasteiger partial charge in [0.2, 0.25) is 0 Å².